The van der Waals surface area contributed by atoms with Crippen LogP contribution in [0.25, 0.3) is 54.5 Å². The maximum Gasteiger partial charge on any atom is 0.333 e. The van der Waals surface area contributed by atoms with E-state index in [-0.39, 0.29) is 6.85 Å². The number of rotatable bonds is 4. The van der Waals surface area contributed by atoms with Gasteiger partial charge in [-0.2, -0.15) is 0 Å². The van der Waals surface area contributed by atoms with E-state index in [2.05, 4.69) is 208 Å². The molecular weight excluding hydrogens is 653 g/mol. The van der Waals surface area contributed by atoms with Crippen LogP contribution < -0.4 is 20.7 Å². The van der Waals surface area contributed by atoms with Gasteiger partial charge in [0.15, 0.2) is 0 Å². The van der Waals surface area contributed by atoms with Gasteiger partial charge in [-0.25, -0.2) is 0 Å². The molecule has 54 heavy (non-hydrogen) atoms. The van der Waals surface area contributed by atoms with Crippen LogP contribution in [0.4, 0.5) is 34.1 Å². The molecule has 250 valence electrons. The molecule has 0 radical (unpaired) electrons. The Labute approximate surface area is 313 Å². The van der Waals surface area contributed by atoms with Crippen molar-refractivity contribution < 1.29 is 0 Å². The van der Waals surface area contributed by atoms with E-state index in [1.165, 1.54) is 76.8 Å². The van der Waals surface area contributed by atoms with Crippen LogP contribution in [0.15, 0.2) is 194 Å². The standard InChI is InChI=1S/C50H32BN3/c1-4-18-35(19-5-1)52(36-20-6-2-7-21-36)38-31-41-42-30-34-17-11-13-25-40(34)48-47-39-24-12-10-16-33(39)28-29-45(47)54(50(42)48)51-43-26-14-15-27-44(43)53(46(32-38)49(41)51)37-22-8-3-9-23-37/h1-32H. The average molecular weight is 686 g/mol. The average Bonchev–Trinajstić information content (AvgIpc) is 3.59. The fourth-order valence-electron chi connectivity index (χ4n) is 9.54. The van der Waals surface area contributed by atoms with E-state index in [0.29, 0.717) is 0 Å². The van der Waals surface area contributed by atoms with Gasteiger partial charge in [0.05, 0.1) is 0 Å². The lowest BCUT2D eigenvalue weighted by Gasteiger charge is -2.41. The molecule has 10 aromatic rings. The number of aromatic nitrogens is 1. The van der Waals surface area contributed by atoms with Gasteiger partial charge in [0.25, 0.3) is 0 Å². The van der Waals surface area contributed by atoms with Gasteiger partial charge in [0, 0.05) is 61.5 Å². The van der Waals surface area contributed by atoms with Gasteiger partial charge in [0.1, 0.15) is 0 Å². The monoisotopic (exact) mass is 685 g/mol. The first kappa shape index (κ1) is 29.5. The van der Waals surface area contributed by atoms with Crippen molar-refractivity contribution in [1.82, 2.24) is 4.48 Å². The number of benzene rings is 9. The summed E-state index contributed by atoms with van der Waals surface area (Å²) in [6.45, 7) is -0.0306. The van der Waals surface area contributed by atoms with Crippen LogP contribution >= 0.6 is 0 Å². The van der Waals surface area contributed by atoms with Crippen molar-refractivity contribution in [3.63, 3.8) is 0 Å². The minimum absolute atomic E-state index is 0.0306. The highest BCUT2D eigenvalue weighted by atomic mass is 15.2. The van der Waals surface area contributed by atoms with Crippen molar-refractivity contribution in [2.75, 3.05) is 9.80 Å². The summed E-state index contributed by atoms with van der Waals surface area (Å²) in [5.74, 6) is 0. The highest BCUT2D eigenvalue weighted by Crippen LogP contribution is 2.50. The summed E-state index contributed by atoms with van der Waals surface area (Å²) in [6.07, 6.45) is 0. The molecule has 0 amide bonds. The zero-order valence-corrected chi connectivity index (χ0v) is 29.4. The molecule has 0 N–H and O–H groups in total. The van der Waals surface area contributed by atoms with Crippen LogP contribution in [0.2, 0.25) is 0 Å². The molecule has 2 aliphatic rings. The Bertz CT molecular complexity index is 3080. The molecule has 12 rings (SSSR count). The van der Waals surface area contributed by atoms with E-state index < -0.39 is 0 Å². The molecule has 4 heteroatoms. The van der Waals surface area contributed by atoms with Gasteiger partial charge < -0.3 is 14.3 Å². The Balaban J connectivity index is 1.29. The fraction of sp³-hybridized carbons (Fsp3) is 0. The molecular formula is C50H32BN3. The summed E-state index contributed by atoms with van der Waals surface area (Å²) in [5, 5.41) is 7.76. The minimum Gasteiger partial charge on any atom is -0.375 e. The predicted molar refractivity (Wildman–Crippen MR) is 230 cm³/mol. The van der Waals surface area contributed by atoms with Crippen LogP contribution in [0.5, 0.6) is 0 Å². The van der Waals surface area contributed by atoms with Crippen molar-refractivity contribution in [3.8, 4) is 11.1 Å². The highest BCUT2D eigenvalue weighted by Gasteiger charge is 2.43. The third-order valence-electron chi connectivity index (χ3n) is 11.7. The van der Waals surface area contributed by atoms with E-state index in [0.717, 1.165) is 22.7 Å². The Hall–Kier alpha value is -7.04. The first-order valence-electron chi connectivity index (χ1n) is 18.7. The zero-order valence-electron chi connectivity index (χ0n) is 29.4. The van der Waals surface area contributed by atoms with E-state index >= 15 is 0 Å². The molecule has 9 aromatic carbocycles. The summed E-state index contributed by atoms with van der Waals surface area (Å²) in [4.78, 5) is 4.90. The lowest BCUT2D eigenvalue weighted by molar-refractivity contribution is 1.23. The summed E-state index contributed by atoms with van der Waals surface area (Å²) in [5.41, 5.74) is 14.7. The molecule has 3 heterocycles. The Morgan fingerprint density at radius 3 is 1.78 bits per heavy atom. The second kappa shape index (κ2) is 11.2. The van der Waals surface area contributed by atoms with E-state index in [4.69, 9.17) is 0 Å². The molecule has 0 saturated heterocycles. The Morgan fingerprint density at radius 2 is 1.04 bits per heavy atom. The largest absolute Gasteiger partial charge is 0.375 e. The quantitative estimate of drug-likeness (QED) is 0.171. The van der Waals surface area contributed by atoms with Gasteiger partial charge >= 0.3 is 6.85 Å². The first-order chi connectivity index (χ1) is 26.8. The topological polar surface area (TPSA) is 11.4 Å². The van der Waals surface area contributed by atoms with Gasteiger partial charge in [0.2, 0.25) is 0 Å². The predicted octanol–water partition coefficient (Wildman–Crippen LogP) is 12.0. The van der Waals surface area contributed by atoms with Gasteiger partial charge in [-0.05, 0) is 105 Å². The van der Waals surface area contributed by atoms with Crippen LogP contribution in [-0.4, -0.2) is 11.3 Å². The molecule has 2 aliphatic heterocycles. The van der Waals surface area contributed by atoms with Crippen molar-refractivity contribution in [2.24, 2.45) is 0 Å². The summed E-state index contributed by atoms with van der Waals surface area (Å²) in [6, 6.07) is 71.4. The molecule has 0 unspecified atom stereocenters. The zero-order chi connectivity index (χ0) is 35.3. The van der Waals surface area contributed by atoms with Gasteiger partial charge in [-0.3, -0.25) is 0 Å². The van der Waals surface area contributed by atoms with Crippen LogP contribution in [0.3, 0.4) is 0 Å². The summed E-state index contributed by atoms with van der Waals surface area (Å²) >= 11 is 0. The first-order valence-corrected chi connectivity index (χ1v) is 18.7. The molecule has 0 fully saturated rings. The second-order valence-corrected chi connectivity index (χ2v) is 14.5. The molecule has 0 bridgehead atoms. The van der Waals surface area contributed by atoms with Gasteiger partial charge in [-0.1, -0.05) is 127 Å². The molecule has 1 aromatic heterocycles. The minimum atomic E-state index is -0.0306. The van der Waals surface area contributed by atoms with Crippen molar-refractivity contribution in [3.05, 3.63) is 194 Å². The number of hydrogen-bond donors (Lipinski definition) is 0. The van der Waals surface area contributed by atoms with Crippen molar-refractivity contribution >= 4 is 95.2 Å². The number of fused-ring (bicyclic) bond motifs is 11. The van der Waals surface area contributed by atoms with Crippen LogP contribution in [0, 0.1) is 0 Å². The maximum atomic E-state index is 2.68. The SMILES string of the molecule is c1ccc(N(c2ccccc2)c2cc3c4c(c2)N(c2ccccc2)c2ccccc2B4n2c4ccc5ccccc5c4c4c5ccccc5cc-3c42)cc1. The van der Waals surface area contributed by atoms with Crippen LogP contribution in [0.1, 0.15) is 0 Å². The smallest absolute Gasteiger partial charge is 0.333 e. The third kappa shape index (κ3) is 4.02. The Morgan fingerprint density at radius 1 is 0.426 bits per heavy atom. The summed E-state index contributed by atoms with van der Waals surface area (Å²) in [7, 11) is 0. The van der Waals surface area contributed by atoms with Crippen molar-refractivity contribution in [1.29, 1.82) is 0 Å². The normalized spacial score (nSPS) is 12.7. The maximum absolute atomic E-state index is 2.68. The van der Waals surface area contributed by atoms with E-state index in [1.807, 2.05) is 0 Å². The number of hydrogen-bond acceptors (Lipinski definition) is 2. The number of anilines is 6. The number of nitrogens with zero attached hydrogens (tertiary/aromatic N) is 3. The summed E-state index contributed by atoms with van der Waals surface area (Å²) < 4.78 is 2.68. The highest BCUT2D eigenvalue weighted by molar-refractivity contribution is 6.90. The molecule has 0 saturated carbocycles. The molecule has 0 spiro atoms. The molecule has 0 aliphatic carbocycles. The molecule has 3 nitrogen and oxygen atoms in total. The van der Waals surface area contributed by atoms with E-state index in [9.17, 15) is 0 Å². The fourth-order valence-corrected chi connectivity index (χ4v) is 9.54. The van der Waals surface area contributed by atoms with E-state index in [1.54, 1.807) is 0 Å². The van der Waals surface area contributed by atoms with Crippen molar-refractivity contribution in [2.45, 2.75) is 0 Å². The second-order valence-electron chi connectivity index (χ2n) is 14.5. The lowest BCUT2D eigenvalue weighted by atomic mass is 9.45. The third-order valence-corrected chi connectivity index (χ3v) is 11.7. The Kier molecular flexibility index (Phi) is 6.14. The lowest BCUT2D eigenvalue weighted by Crippen LogP contribution is -2.56. The van der Waals surface area contributed by atoms with Crippen LogP contribution in [-0.2, 0) is 0 Å². The van der Waals surface area contributed by atoms with Gasteiger partial charge in [-0.15, -0.1) is 0 Å². The molecule has 0 atom stereocenters. The number of para-hydroxylation sites is 4.